The van der Waals surface area contributed by atoms with E-state index < -0.39 is 0 Å². The van der Waals surface area contributed by atoms with Crippen LogP contribution in [-0.4, -0.2) is 24.1 Å². The predicted molar refractivity (Wildman–Crippen MR) is 67.0 cm³/mol. The Balaban J connectivity index is 3.11. The van der Waals surface area contributed by atoms with Crippen LogP contribution >= 0.6 is 0 Å². The van der Waals surface area contributed by atoms with E-state index in [0.29, 0.717) is 12.1 Å². The van der Waals surface area contributed by atoms with Gasteiger partial charge in [-0.05, 0) is 24.0 Å². The zero-order valence-corrected chi connectivity index (χ0v) is 10.9. The average molecular weight is 236 g/mol. The minimum Gasteiger partial charge on any atom is -0.461 e. The summed E-state index contributed by atoms with van der Waals surface area (Å²) in [6.45, 7) is 8.55. The van der Waals surface area contributed by atoms with Crippen LogP contribution in [0, 0.1) is 6.92 Å². The molecule has 4 nitrogen and oxygen atoms in total. The van der Waals surface area contributed by atoms with Crippen molar-refractivity contribution in [1.82, 2.24) is 4.98 Å². The fraction of sp³-hybridized carbons (Fsp3) is 0.538. The number of carbonyl (C=O) groups is 1. The molecule has 0 aromatic carbocycles. The van der Waals surface area contributed by atoms with Gasteiger partial charge >= 0.3 is 5.97 Å². The van der Waals surface area contributed by atoms with E-state index in [2.05, 4.69) is 4.98 Å². The van der Waals surface area contributed by atoms with Crippen LogP contribution in [-0.2, 0) is 10.2 Å². The zero-order valence-electron chi connectivity index (χ0n) is 10.9. The van der Waals surface area contributed by atoms with Crippen LogP contribution in [0.1, 0.15) is 42.4 Å². The van der Waals surface area contributed by atoms with Crippen LogP contribution in [0.5, 0.6) is 0 Å². The van der Waals surface area contributed by atoms with Gasteiger partial charge in [0.15, 0.2) is 0 Å². The molecule has 0 aliphatic rings. The molecule has 0 spiro atoms. The molecule has 1 aromatic rings. The minimum absolute atomic E-state index is 0.141. The van der Waals surface area contributed by atoms with Crippen molar-refractivity contribution in [2.24, 2.45) is 5.73 Å². The monoisotopic (exact) mass is 236 g/mol. The average Bonchev–Trinajstić information content (AvgIpc) is 2.24. The maximum absolute atomic E-state index is 11.9. The Bertz CT molecular complexity index is 408. The van der Waals surface area contributed by atoms with E-state index in [1.165, 1.54) is 0 Å². The van der Waals surface area contributed by atoms with Crippen LogP contribution in [0.3, 0.4) is 0 Å². The molecule has 17 heavy (non-hydrogen) atoms. The highest BCUT2D eigenvalue weighted by atomic mass is 16.5. The van der Waals surface area contributed by atoms with Crippen molar-refractivity contribution in [1.29, 1.82) is 0 Å². The second kappa shape index (κ2) is 5.27. The third-order valence-corrected chi connectivity index (χ3v) is 2.42. The van der Waals surface area contributed by atoms with Crippen molar-refractivity contribution >= 4 is 5.97 Å². The molecule has 1 heterocycles. The molecule has 0 bridgehead atoms. The summed E-state index contributed by atoms with van der Waals surface area (Å²) in [5.41, 5.74) is 7.46. The Kier molecular flexibility index (Phi) is 4.23. The Morgan fingerprint density at radius 1 is 1.47 bits per heavy atom. The van der Waals surface area contributed by atoms with Gasteiger partial charge in [0.2, 0.25) is 0 Å². The van der Waals surface area contributed by atoms with Crippen LogP contribution in [0.2, 0.25) is 0 Å². The number of hydrogen-bond donors (Lipinski definition) is 1. The number of rotatable bonds is 3. The number of aryl methyl sites for hydroxylation is 1. The molecular formula is C13H20N2O2. The largest absolute Gasteiger partial charge is 0.461 e. The first-order chi connectivity index (χ1) is 7.86. The van der Waals surface area contributed by atoms with Gasteiger partial charge in [0, 0.05) is 18.4 Å². The van der Waals surface area contributed by atoms with E-state index in [-0.39, 0.29) is 18.0 Å². The van der Waals surface area contributed by atoms with Crippen LogP contribution in [0.4, 0.5) is 0 Å². The minimum atomic E-state index is -0.328. The van der Waals surface area contributed by atoms with E-state index in [1.54, 1.807) is 12.3 Å². The molecule has 0 unspecified atom stereocenters. The quantitative estimate of drug-likeness (QED) is 0.813. The maximum atomic E-state index is 11.9. The predicted octanol–water partition coefficient (Wildman–Crippen LogP) is 1.80. The number of esters is 1. The molecular weight excluding hydrogens is 216 g/mol. The van der Waals surface area contributed by atoms with Gasteiger partial charge in [-0.2, -0.15) is 0 Å². The number of hydrogen-bond acceptors (Lipinski definition) is 4. The van der Waals surface area contributed by atoms with Gasteiger partial charge in [-0.25, -0.2) is 4.79 Å². The topological polar surface area (TPSA) is 65.2 Å². The third kappa shape index (κ3) is 3.53. The van der Waals surface area contributed by atoms with Crippen molar-refractivity contribution < 1.29 is 9.53 Å². The molecule has 2 N–H and O–H groups in total. The Hall–Kier alpha value is -1.42. The van der Waals surface area contributed by atoms with Crippen LogP contribution in [0.15, 0.2) is 12.3 Å². The summed E-state index contributed by atoms with van der Waals surface area (Å²) in [6, 6.07) is 1.76. The van der Waals surface area contributed by atoms with Gasteiger partial charge in [0.1, 0.15) is 6.61 Å². The first-order valence-electron chi connectivity index (χ1n) is 5.70. The summed E-state index contributed by atoms with van der Waals surface area (Å²) in [7, 11) is 0. The van der Waals surface area contributed by atoms with Crippen molar-refractivity contribution in [3.8, 4) is 0 Å². The normalized spacial score (nSPS) is 11.4. The first-order valence-corrected chi connectivity index (χ1v) is 5.70. The summed E-state index contributed by atoms with van der Waals surface area (Å²) < 4.78 is 5.08. The van der Waals surface area contributed by atoms with Crippen LogP contribution in [0.25, 0.3) is 0 Å². The van der Waals surface area contributed by atoms with Gasteiger partial charge in [0.25, 0.3) is 0 Å². The molecule has 0 radical (unpaired) electrons. The third-order valence-electron chi connectivity index (χ3n) is 2.42. The Morgan fingerprint density at radius 2 is 2.12 bits per heavy atom. The molecule has 1 rings (SSSR count). The maximum Gasteiger partial charge on any atom is 0.338 e. The fourth-order valence-corrected chi connectivity index (χ4v) is 1.56. The van der Waals surface area contributed by atoms with Crippen molar-refractivity contribution in [2.45, 2.75) is 33.1 Å². The van der Waals surface area contributed by atoms with Crippen LogP contribution < -0.4 is 5.73 Å². The lowest BCUT2D eigenvalue weighted by Gasteiger charge is -2.21. The fourth-order valence-electron chi connectivity index (χ4n) is 1.56. The molecule has 1 aromatic heterocycles. The molecule has 94 valence electrons. The number of pyridine rings is 1. The summed E-state index contributed by atoms with van der Waals surface area (Å²) in [6.07, 6.45) is 1.74. The number of nitrogens with zero attached hydrogens (tertiary/aromatic N) is 1. The highest BCUT2D eigenvalue weighted by Gasteiger charge is 2.23. The molecule has 0 amide bonds. The summed E-state index contributed by atoms with van der Waals surface area (Å²) >= 11 is 0. The Morgan fingerprint density at radius 3 is 2.65 bits per heavy atom. The lowest BCUT2D eigenvalue weighted by atomic mass is 9.85. The van der Waals surface area contributed by atoms with E-state index in [9.17, 15) is 4.79 Å². The van der Waals surface area contributed by atoms with E-state index >= 15 is 0 Å². The zero-order chi connectivity index (χ0) is 13.1. The highest BCUT2D eigenvalue weighted by Crippen LogP contribution is 2.26. The molecule has 4 heteroatoms. The summed E-state index contributed by atoms with van der Waals surface area (Å²) in [4.78, 5) is 16.2. The van der Waals surface area contributed by atoms with E-state index in [0.717, 1.165) is 11.3 Å². The van der Waals surface area contributed by atoms with E-state index in [1.807, 2.05) is 27.7 Å². The smallest absolute Gasteiger partial charge is 0.338 e. The number of carbonyl (C=O) groups excluding carboxylic acids is 1. The highest BCUT2D eigenvalue weighted by molar-refractivity contribution is 5.91. The second-order valence-electron chi connectivity index (χ2n) is 5.05. The van der Waals surface area contributed by atoms with Gasteiger partial charge in [-0.3, -0.25) is 4.98 Å². The van der Waals surface area contributed by atoms with Crippen molar-refractivity contribution in [3.05, 3.63) is 29.1 Å². The molecule has 0 fully saturated rings. The van der Waals surface area contributed by atoms with Crippen molar-refractivity contribution in [2.75, 3.05) is 13.2 Å². The van der Waals surface area contributed by atoms with Gasteiger partial charge in [-0.1, -0.05) is 20.8 Å². The molecule has 0 aliphatic heterocycles. The summed E-state index contributed by atoms with van der Waals surface area (Å²) in [5.74, 6) is -0.328. The lowest BCUT2D eigenvalue weighted by Crippen LogP contribution is -2.21. The number of aromatic nitrogens is 1. The van der Waals surface area contributed by atoms with Gasteiger partial charge < -0.3 is 10.5 Å². The van der Waals surface area contributed by atoms with Gasteiger partial charge in [-0.15, -0.1) is 0 Å². The number of ether oxygens (including phenoxy) is 1. The Labute approximate surface area is 102 Å². The molecule has 0 atom stereocenters. The second-order valence-corrected chi connectivity index (χ2v) is 5.05. The molecule has 0 saturated heterocycles. The standard InChI is InChI=1S/C13H20N2O2/c1-9-7-10(12(16)17-6-5-14)11(8-15-9)13(2,3)4/h7-8H,5-6,14H2,1-4H3. The van der Waals surface area contributed by atoms with Crippen molar-refractivity contribution in [3.63, 3.8) is 0 Å². The van der Waals surface area contributed by atoms with Gasteiger partial charge in [0.05, 0.1) is 5.56 Å². The first kappa shape index (κ1) is 13.6. The SMILES string of the molecule is Cc1cc(C(=O)OCCN)c(C(C)(C)C)cn1. The number of nitrogens with two attached hydrogens (primary N) is 1. The lowest BCUT2D eigenvalue weighted by molar-refractivity contribution is 0.0513. The molecule has 0 aliphatic carbocycles. The van der Waals surface area contributed by atoms with E-state index in [4.69, 9.17) is 10.5 Å². The summed E-state index contributed by atoms with van der Waals surface area (Å²) in [5, 5.41) is 0. The molecule has 0 saturated carbocycles.